The molecule has 0 heterocycles. The molecule has 14 aromatic rings. The summed E-state index contributed by atoms with van der Waals surface area (Å²) < 4.78 is 23.9. The first-order chi connectivity index (χ1) is 53.0. The molecule has 538 valence electrons. The summed E-state index contributed by atoms with van der Waals surface area (Å²) in [5.41, 5.74) is 8.92. The van der Waals surface area contributed by atoms with Crippen LogP contribution in [0, 0.1) is 55.4 Å². The topological polar surface area (TPSA) is 105 Å². The summed E-state index contributed by atoms with van der Waals surface area (Å²) in [4.78, 5) is 67.8. The van der Waals surface area contributed by atoms with Gasteiger partial charge in [-0.1, -0.05) is 158 Å². The number of ether oxygens (including phenoxy) is 4. The fourth-order valence-corrected chi connectivity index (χ4v) is 22.2. The molecule has 0 radical (unpaired) electrons. The number of rotatable bonds is 21. The van der Waals surface area contributed by atoms with Crippen molar-refractivity contribution >= 4 is 67.5 Å². The first-order valence-corrected chi connectivity index (χ1v) is 40.8. The van der Waals surface area contributed by atoms with Crippen molar-refractivity contribution in [2.24, 2.45) is 0 Å². The molecule has 14 rings (SSSR count). The summed E-state index contributed by atoms with van der Waals surface area (Å²) in [6.07, 6.45) is 0.0683. The van der Waals surface area contributed by atoms with E-state index in [4.69, 9.17) is 18.9 Å². The van der Waals surface area contributed by atoms with Crippen molar-refractivity contribution in [2.75, 3.05) is 0 Å². The lowest BCUT2D eigenvalue weighted by atomic mass is 10.1. The molecule has 14 aromatic carbocycles. The molecule has 0 aliphatic rings. The highest BCUT2D eigenvalue weighted by Crippen LogP contribution is 2.41. The Bertz CT molecular complexity index is 5080. The maximum absolute atomic E-state index is 13.4. The van der Waals surface area contributed by atoms with Crippen LogP contribution in [0.3, 0.4) is 0 Å². The Labute approximate surface area is 650 Å². The van der Waals surface area contributed by atoms with Crippen LogP contribution in [0.4, 0.5) is 0 Å². The minimum atomic E-state index is -0.492. The van der Waals surface area contributed by atoms with Crippen molar-refractivity contribution in [1.29, 1.82) is 0 Å². The van der Waals surface area contributed by atoms with Crippen LogP contribution in [0.5, 0.6) is 23.0 Å². The highest BCUT2D eigenvalue weighted by molar-refractivity contribution is 7.98. The van der Waals surface area contributed by atoms with Gasteiger partial charge in [-0.3, -0.25) is 4.79 Å². The molecular formula is C97H82O8S4+4. The zero-order valence-electron chi connectivity index (χ0n) is 61.9. The van der Waals surface area contributed by atoms with Crippen molar-refractivity contribution in [3.05, 3.63) is 406 Å². The monoisotopic (exact) mass is 1500 g/mol. The van der Waals surface area contributed by atoms with Crippen molar-refractivity contribution in [3.63, 3.8) is 0 Å². The first-order valence-electron chi connectivity index (χ1n) is 35.9. The molecule has 0 amide bonds. The van der Waals surface area contributed by atoms with E-state index in [2.05, 4.69) is 243 Å². The molecule has 8 nitrogen and oxygen atoms in total. The molecule has 12 heteroatoms. The molecule has 0 bridgehead atoms. The highest BCUT2D eigenvalue weighted by Gasteiger charge is 2.35. The Kier molecular flexibility index (Phi) is 24.5. The second-order valence-electron chi connectivity index (χ2n) is 26.4. The Morgan fingerprint density at radius 2 is 0.376 bits per heavy atom. The summed E-state index contributed by atoms with van der Waals surface area (Å²) >= 11 is 0. The average molecular weight is 1500 g/mol. The SMILES string of the molecule is Cc1cc([S+](c2ccccc2)c2ccccc2)cc(C)c1OC(=O)Cc1ccc(C(=O)Oc2c(C)cc([S+](c3ccccc3)c3ccccc3)cc2C)cc1.Cc1cc([S+](c2ccccc2)c2ccccc2)cc(C)c1OC(=O)c1ccc(C(=O)Oc2c(C)cc([S+](c3ccccc3)c3ccccc3)cc2C)cc1. The van der Waals surface area contributed by atoms with Crippen molar-refractivity contribution < 1.29 is 38.1 Å². The van der Waals surface area contributed by atoms with E-state index in [1.54, 1.807) is 48.5 Å². The molecule has 0 N–H and O–H groups in total. The standard InChI is InChI=1S/C49H42O4S2.C48H40O4S2/c1-34-29-44(54(40-17-9-5-10-18-40)41-19-11-6-12-20-41)30-35(2)47(34)52-46(50)33-38-25-27-39(28-26-38)49(51)53-48-36(3)31-45(32-37(48)4)55(42-21-13-7-14-22-42)43-23-15-8-16-24-43;1-33-29-43(53(39-17-9-5-10-18-39)40-19-11-6-12-20-40)30-34(2)45(33)51-47(49)37-25-27-38(28-26-37)48(50)52-46-35(3)31-44(32-36(46)4)54(41-21-13-7-14-22-41)42-23-15-8-16-24-42/h5-32H,33H2,1-4H3;5-32H,1-4H3/q2*+2. The van der Waals surface area contributed by atoms with Crippen LogP contribution in [0.1, 0.15) is 81.1 Å². The van der Waals surface area contributed by atoms with Gasteiger partial charge in [0.2, 0.25) is 0 Å². The van der Waals surface area contributed by atoms with Crippen molar-refractivity contribution in [3.8, 4) is 23.0 Å². The Morgan fingerprint density at radius 1 is 0.211 bits per heavy atom. The van der Waals surface area contributed by atoms with Gasteiger partial charge < -0.3 is 18.9 Å². The minimum Gasteiger partial charge on any atom is -0.426 e. The maximum Gasteiger partial charge on any atom is 0.343 e. The second-order valence-corrected chi connectivity index (χ2v) is 34.5. The van der Waals surface area contributed by atoms with E-state index in [-0.39, 0.29) is 56.0 Å². The van der Waals surface area contributed by atoms with Gasteiger partial charge in [-0.15, -0.1) is 0 Å². The largest absolute Gasteiger partial charge is 0.426 e. The minimum absolute atomic E-state index is 0.0683. The summed E-state index contributed by atoms with van der Waals surface area (Å²) in [5.74, 6) is 0.409. The molecular weight excluding hydrogens is 1420 g/mol. The molecule has 0 aromatic heterocycles. The summed E-state index contributed by atoms with van der Waals surface area (Å²) in [7, 11) is -1.26. The van der Waals surface area contributed by atoms with Gasteiger partial charge in [0, 0.05) is 48.5 Å². The smallest absolute Gasteiger partial charge is 0.343 e. The fourth-order valence-electron chi connectivity index (χ4n) is 13.1. The van der Waals surface area contributed by atoms with Crippen molar-refractivity contribution in [2.45, 2.75) is 121 Å². The zero-order chi connectivity index (χ0) is 75.9. The zero-order valence-corrected chi connectivity index (χ0v) is 65.2. The van der Waals surface area contributed by atoms with E-state index in [0.29, 0.717) is 39.7 Å². The highest BCUT2D eigenvalue weighted by atomic mass is 32.2. The van der Waals surface area contributed by atoms with E-state index >= 15 is 0 Å². The molecule has 0 spiro atoms. The third-order valence-corrected chi connectivity index (χ3v) is 27.0. The summed E-state index contributed by atoms with van der Waals surface area (Å²) in [6.45, 7) is 15.8. The van der Waals surface area contributed by atoms with Gasteiger partial charge in [-0.25, -0.2) is 14.4 Å². The average Bonchev–Trinajstić information content (AvgIpc) is 0.806. The normalized spacial score (nSPS) is 11.1. The van der Waals surface area contributed by atoms with Crippen LogP contribution < -0.4 is 18.9 Å². The second kappa shape index (κ2) is 35.4. The predicted molar refractivity (Wildman–Crippen MR) is 441 cm³/mol. The quantitative estimate of drug-likeness (QED) is 0.0398. The lowest BCUT2D eigenvalue weighted by Gasteiger charge is -2.14. The number of benzene rings is 14. The van der Waals surface area contributed by atoms with Crippen LogP contribution in [-0.4, -0.2) is 23.9 Å². The molecule has 0 aliphatic carbocycles. The lowest BCUT2D eigenvalue weighted by molar-refractivity contribution is -0.133. The van der Waals surface area contributed by atoms with Gasteiger partial charge in [0.05, 0.1) is 66.7 Å². The van der Waals surface area contributed by atoms with Gasteiger partial charge in [0.1, 0.15) is 23.0 Å². The van der Waals surface area contributed by atoms with Gasteiger partial charge in [0.15, 0.2) is 58.7 Å². The van der Waals surface area contributed by atoms with Crippen LogP contribution in [0.2, 0.25) is 0 Å². The van der Waals surface area contributed by atoms with Crippen LogP contribution in [0.15, 0.2) is 398 Å². The molecule has 0 atom stereocenters. The van der Waals surface area contributed by atoms with Crippen LogP contribution in [0.25, 0.3) is 0 Å². The van der Waals surface area contributed by atoms with Gasteiger partial charge in [-0.2, -0.15) is 0 Å². The number of aryl methyl sites for hydroxylation is 8. The van der Waals surface area contributed by atoms with Crippen LogP contribution in [-0.2, 0) is 54.8 Å². The third kappa shape index (κ3) is 18.3. The molecule has 0 aliphatic heterocycles. The van der Waals surface area contributed by atoms with E-state index < -0.39 is 17.9 Å². The Morgan fingerprint density at radius 3 is 0.560 bits per heavy atom. The number of carbonyl (C=O) groups excluding carboxylic acids is 4. The van der Waals surface area contributed by atoms with E-state index in [1.807, 2.05) is 104 Å². The summed E-state index contributed by atoms with van der Waals surface area (Å²) in [6, 6.07) is 114. The van der Waals surface area contributed by atoms with E-state index in [1.165, 1.54) is 44.1 Å². The molecule has 0 saturated heterocycles. The number of esters is 4. The van der Waals surface area contributed by atoms with Crippen molar-refractivity contribution in [1.82, 2.24) is 0 Å². The van der Waals surface area contributed by atoms with Gasteiger partial charge in [0.25, 0.3) is 0 Å². The van der Waals surface area contributed by atoms with Gasteiger partial charge >= 0.3 is 23.9 Å². The molecule has 0 fully saturated rings. The predicted octanol–water partition coefficient (Wildman–Crippen LogP) is 23.0. The number of carbonyl (C=O) groups is 4. The Hall–Kier alpha value is -11.6. The van der Waals surface area contributed by atoms with E-state index in [0.717, 1.165) is 64.8 Å². The summed E-state index contributed by atoms with van der Waals surface area (Å²) in [5, 5.41) is 0. The van der Waals surface area contributed by atoms with Gasteiger partial charge in [-0.05, 0) is 239 Å². The fraction of sp³-hybridized carbons (Fsp3) is 0.0928. The van der Waals surface area contributed by atoms with E-state index in [9.17, 15) is 19.2 Å². The first kappa shape index (κ1) is 75.6. The number of hydrogen-bond acceptors (Lipinski definition) is 8. The molecule has 0 unspecified atom stereocenters. The molecule has 0 saturated carbocycles. The van der Waals surface area contributed by atoms with Crippen LogP contribution >= 0.6 is 0 Å². The third-order valence-electron chi connectivity index (χ3n) is 18.2. The Balaban J connectivity index is 0.000000192. The number of hydrogen-bond donors (Lipinski definition) is 0. The molecule has 109 heavy (non-hydrogen) atoms. The maximum atomic E-state index is 13.4. The lowest BCUT2D eigenvalue weighted by Crippen LogP contribution is -2.14.